The molecule has 4 heteroatoms. The van der Waals surface area contributed by atoms with Crippen LogP contribution in [-0.2, 0) is 16.8 Å². The highest BCUT2D eigenvalue weighted by molar-refractivity contribution is 5.69. The van der Waals surface area contributed by atoms with Gasteiger partial charge in [0.1, 0.15) is 5.76 Å². The van der Waals surface area contributed by atoms with Crippen molar-refractivity contribution in [2.24, 2.45) is 0 Å². The second-order valence-corrected chi connectivity index (χ2v) is 10.3. The van der Waals surface area contributed by atoms with Crippen LogP contribution in [0.5, 0.6) is 0 Å². The molecule has 0 unspecified atom stereocenters. The number of ether oxygens (including phenoxy) is 1. The van der Waals surface area contributed by atoms with Crippen molar-refractivity contribution >= 4 is 17.5 Å². The zero-order valence-electron chi connectivity index (χ0n) is 22.7. The lowest BCUT2D eigenvalue weighted by molar-refractivity contribution is 0.0348. The number of rotatable bonds is 5. The van der Waals surface area contributed by atoms with Crippen LogP contribution >= 0.6 is 0 Å². The molecule has 4 aromatic carbocycles. The first-order valence-electron chi connectivity index (χ1n) is 13.9. The highest BCUT2D eigenvalue weighted by atomic mass is 16.5. The Bertz CT molecular complexity index is 1660. The summed E-state index contributed by atoms with van der Waals surface area (Å²) in [7, 11) is 0. The SMILES string of the molecule is [C-]#[N+]C(C#N)=C1C=C(C=Cc2ccc(N3CCCc4ccccc43)cc2)OC(c2ccccc2)(c2ccccc2)C1. The Morgan fingerprint density at radius 3 is 2.17 bits per heavy atom. The Morgan fingerprint density at radius 2 is 1.51 bits per heavy atom. The number of hydrogen-bond acceptors (Lipinski definition) is 3. The predicted octanol–water partition coefficient (Wildman–Crippen LogP) is 8.73. The van der Waals surface area contributed by atoms with Gasteiger partial charge in [-0.15, -0.1) is 0 Å². The van der Waals surface area contributed by atoms with E-state index in [1.54, 1.807) is 0 Å². The van der Waals surface area contributed by atoms with Gasteiger partial charge in [0.2, 0.25) is 0 Å². The van der Waals surface area contributed by atoms with Crippen LogP contribution in [0.4, 0.5) is 11.4 Å². The van der Waals surface area contributed by atoms with Gasteiger partial charge in [0.05, 0.1) is 12.6 Å². The Morgan fingerprint density at radius 1 is 0.854 bits per heavy atom. The molecule has 198 valence electrons. The first-order chi connectivity index (χ1) is 20.2. The Balaban J connectivity index is 1.35. The predicted molar refractivity (Wildman–Crippen MR) is 164 cm³/mol. The number of aryl methyl sites for hydroxylation is 1. The van der Waals surface area contributed by atoms with Crippen LogP contribution in [0.1, 0.15) is 35.1 Å². The molecule has 2 aliphatic heterocycles. The normalized spacial score (nSPS) is 17.0. The lowest BCUT2D eigenvalue weighted by atomic mass is 9.79. The molecule has 0 aliphatic carbocycles. The standard InChI is InChI=1S/C37H29N3O/c1-39-35(27-38)30-25-34(41-37(26-30,31-13-4-2-5-14-31)32-15-6-3-7-16-32)23-20-28-18-21-33(22-19-28)40-24-10-12-29-11-8-9-17-36(29)40/h2-9,11,13-23,25H,10,12,24,26H2. The fourth-order valence-corrected chi connectivity index (χ4v) is 5.81. The zero-order chi connectivity index (χ0) is 28.1. The number of nitriles is 1. The maximum Gasteiger partial charge on any atom is 0.265 e. The molecule has 6 rings (SSSR count). The van der Waals surface area contributed by atoms with Gasteiger partial charge in [-0.1, -0.05) is 97.1 Å². The van der Waals surface area contributed by atoms with E-state index in [0.29, 0.717) is 17.8 Å². The van der Waals surface area contributed by atoms with Gasteiger partial charge in [-0.25, -0.2) is 10.1 Å². The van der Waals surface area contributed by atoms with Crippen molar-refractivity contribution in [1.82, 2.24) is 0 Å². The molecule has 0 bridgehead atoms. The fourth-order valence-electron chi connectivity index (χ4n) is 5.81. The molecule has 0 saturated heterocycles. The summed E-state index contributed by atoms with van der Waals surface area (Å²) in [6.07, 6.45) is 8.43. The van der Waals surface area contributed by atoms with E-state index < -0.39 is 5.60 Å². The third-order valence-corrected chi connectivity index (χ3v) is 7.81. The van der Waals surface area contributed by atoms with E-state index >= 15 is 0 Å². The summed E-state index contributed by atoms with van der Waals surface area (Å²) in [5, 5.41) is 9.76. The molecule has 41 heavy (non-hydrogen) atoms. The third-order valence-electron chi connectivity index (χ3n) is 7.81. The van der Waals surface area contributed by atoms with Crippen molar-refractivity contribution in [3.8, 4) is 6.07 Å². The summed E-state index contributed by atoms with van der Waals surface area (Å²) in [5.74, 6) is 0.601. The summed E-state index contributed by atoms with van der Waals surface area (Å²) >= 11 is 0. The number of hydrogen-bond donors (Lipinski definition) is 0. The number of anilines is 2. The number of allylic oxidation sites excluding steroid dienone is 3. The number of fused-ring (bicyclic) bond motifs is 1. The molecule has 4 nitrogen and oxygen atoms in total. The van der Waals surface area contributed by atoms with Crippen LogP contribution < -0.4 is 4.90 Å². The van der Waals surface area contributed by atoms with Crippen molar-refractivity contribution in [3.63, 3.8) is 0 Å². The average molecular weight is 532 g/mol. The maximum atomic E-state index is 9.76. The minimum Gasteiger partial charge on any atom is -0.478 e. The summed E-state index contributed by atoms with van der Waals surface area (Å²) < 4.78 is 6.81. The molecule has 0 fully saturated rings. The molecule has 0 radical (unpaired) electrons. The van der Waals surface area contributed by atoms with Crippen molar-refractivity contribution in [2.45, 2.75) is 24.9 Å². The largest absolute Gasteiger partial charge is 0.478 e. The highest BCUT2D eigenvalue weighted by Crippen LogP contribution is 2.45. The van der Waals surface area contributed by atoms with Gasteiger partial charge < -0.3 is 9.64 Å². The summed E-state index contributed by atoms with van der Waals surface area (Å²) in [5.41, 5.74) is 6.71. The van der Waals surface area contributed by atoms with E-state index in [9.17, 15) is 5.26 Å². The molecule has 2 aliphatic rings. The molecule has 4 aromatic rings. The monoisotopic (exact) mass is 531 g/mol. The zero-order valence-corrected chi connectivity index (χ0v) is 22.7. The van der Waals surface area contributed by atoms with Gasteiger partial charge >= 0.3 is 0 Å². The van der Waals surface area contributed by atoms with Crippen molar-refractivity contribution in [2.75, 3.05) is 11.4 Å². The van der Waals surface area contributed by atoms with Gasteiger partial charge in [0.25, 0.3) is 5.70 Å². The second kappa shape index (κ2) is 11.4. The molecular weight excluding hydrogens is 502 g/mol. The summed E-state index contributed by atoms with van der Waals surface area (Å²) in [4.78, 5) is 5.93. The summed E-state index contributed by atoms with van der Waals surface area (Å²) in [6, 6.07) is 39.4. The van der Waals surface area contributed by atoms with E-state index in [0.717, 1.165) is 36.1 Å². The van der Waals surface area contributed by atoms with Gasteiger partial charge in [-0.3, -0.25) is 0 Å². The first-order valence-corrected chi connectivity index (χ1v) is 13.9. The summed E-state index contributed by atoms with van der Waals surface area (Å²) in [6.45, 7) is 8.65. The van der Waals surface area contributed by atoms with E-state index in [4.69, 9.17) is 11.3 Å². The van der Waals surface area contributed by atoms with Crippen LogP contribution in [0.3, 0.4) is 0 Å². The molecule has 0 saturated carbocycles. The third kappa shape index (κ3) is 5.17. The van der Waals surface area contributed by atoms with Crippen molar-refractivity contribution in [1.29, 1.82) is 5.26 Å². The van der Waals surface area contributed by atoms with Crippen LogP contribution in [-0.4, -0.2) is 6.54 Å². The minimum atomic E-state index is -0.870. The molecule has 0 amide bonds. The van der Waals surface area contributed by atoms with Crippen LogP contribution in [0.2, 0.25) is 0 Å². The van der Waals surface area contributed by atoms with Crippen LogP contribution in [0.25, 0.3) is 10.9 Å². The maximum absolute atomic E-state index is 9.76. The van der Waals surface area contributed by atoms with E-state index in [-0.39, 0.29) is 5.70 Å². The molecule has 0 spiro atoms. The molecule has 0 atom stereocenters. The highest BCUT2D eigenvalue weighted by Gasteiger charge is 2.40. The molecule has 0 aromatic heterocycles. The minimum absolute atomic E-state index is 0.0848. The van der Waals surface area contributed by atoms with E-state index in [1.807, 2.05) is 78.9 Å². The average Bonchev–Trinajstić information content (AvgIpc) is 3.05. The quantitative estimate of drug-likeness (QED) is 0.191. The Labute approximate surface area is 241 Å². The topological polar surface area (TPSA) is 40.6 Å². The lowest BCUT2D eigenvalue weighted by Gasteiger charge is -2.39. The fraction of sp³-hybridized carbons (Fsp3) is 0.135. The van der Waals surface area contributed by atoms with Crippen LogP contribution in [0.15, 0.2) is 138 Å². The number of nitrogens with zero attached hydrogens (tertiary/aromatic N) is 3. The molecular formula is C37H29N3O. The van der Waals surface area contributed by atoms with Gasteiger partial charge in [-0.2, -0.15) is 0 Å². The first kappa shape index (κ1) is 25.9. The second-order valence-electron chi connectivity index (χ2n) is 10.3. The van der Waals surface area contributed by atoms with Gasteiger partial charge in [-0.05, 0) is 59.9 Å². The van der Waals surface area contributed by atoms with Crippen molar-refractivity contribution in [3.05, 3.63) is 172 Å². The van der Waals surface area contributed by atoms with E-state index in [2.05, 4.69) is 64.3 Å². The number of benzene rings is 4. The van der Waals surface area contributed by atoms with Crippen molar-refractivity contribution < 1.29 is 4.74 Å². The van der Waals surface area contributed by atoms with Gasteiger partial charge in [0, 0.05) is 35.5 Å². The van der Waals surface area contributed by atoms with Crippen LogP contribution in [0, 0.1) is 17.9 Å². The smallest absolute Gasteiger partial charge is 0.265 e. The number of para-hydroxylation sites is 1. The Hall–Kier alpha value is -5.32. The molecule has 0 N–H and O–H groups in total. The Kier molecular flexibility index (Phi) is 7.23. The lowest BCUT2D eigenvalue weighted by Crippen LogP contribution is -2.34. The molecule has 2 heterocycles. The van der Waals surface area contributed by atoms with E-state index in [1.165, 1.54) is 16.9 Å². The van der Waals surface area contributed by atoms with Gasteiger partial charge in [0.15, 0.2) is 5.60 Å².